The zero-order valence-electron chi connectivity index (χ0n) is 13.9. The van der Waals surface area contributed by atoms with Crippen LogP contribution in [0.1, 0.15) is 53.4 Å². The molecule has 0 radical (unpaired) electrons. The molecule has 2 saturated heterocycles. The van der Waals surface area contributed by atoms with E-state index in [-0.39, 0.29) is 23.3 Å². The first-order valence-electron chi connectivity index (χ1n) is 8.52. The molecule has 0 aromatic heterocycles. The number of nitrogens with two attached hydrogens (primary N) is 1. The van der Waals surface area contributed by atoms with Crippen LogP contribution >= 0.6 is 0 Å². The van der Waals surface area contributed by atoms with Crippen molar-refractivity contribution in [2.75, 3.05) is 19.7 Å². The molecule has 3 unspecified atom stereocenters. The minimum atomic E-state index is -0.730. The molecule has 0 aromatic rings. The lowest BCUT2D eigenvalue weighted by Crippen LogP contribution is -2.80. The zero-order valence-corrected chi connectivity index (χ0v) is 13.9. The molecule has 120 valence electrons. The first kappa shape index (κ1) is 15.3. The van der Waals surface area contributed by atoms with E-state index < -0.39 is 5.54 Å². The third-order valence-corrected chi connectivity index (χ3v) is 7.03. The number of carbonyl (C=O) groups is 1. The number of carbonyl (C=O) groups excluding carboxylic acids is 1. The van der Waals surface area contributed by atoms with Gasteiger partial charge >= 0.3 is 0 Å². The molecule has 0 bridgehead atoms. The van der Waals surface area contributed by atoms with Gasteiger partial charge in [0.15, 0.2) is 0 Å². The summed E-state index contributed by atoms with van der Waals surface area (Å²) in [6.45, 7) is 11.2. The molecule has 0 spiro atoms. The van der Waals surface area contributed by atoms with Crippen LogP contribution in [0.3, 0.4) is 0 Å². The lowest BCUT2D eigenvalue weighted by atomic mass is 9.47. The number of nitrogens with zero attached hydrogens (tertiary/aromatic N) is 1. The van der Waals surface area contributed by atoms with Crippen molar-refractivity contribution in [3.8, 4) is 0 Å². The highest BCUT2D eigenvalue weighted by Gasteiger charge is 2.72. The normalized spacial score (nSPS) is 40.0. The number of likely N-dealkylation sites (tertiary alicyclic amines) is 1. The van der Waals surface area contributed by atoms with Crippen LogP contribution in [0.5, 0.6) is 0 Å². The number of ether oxygens (including phenoxy) is 1. The van der Waals surface area contributed by atoms with Gasteiger partial charge in [0, 0.05) is 31.0 Å². The third kappa shape index (κ3) is 1.78. The van der Waals surface area contributed by atoms with E-state index in [1.54, 1.807) is 0 Å². The van der Waals surface area contributed by atoms with E-state index >= 15 is 0 Å². The molecular weight excluding hydrogens is 264 g/mol. The quantitative estimate of drug-likeness (QED) is 0.868. The Hall–Kier alpha value is -0.610. The first-order valence-corrected chi connectivity index (χ1v) is 8.52. The molecular formula is C17H30N2O2. The van der Waals surface area contributed by atoms with E-state index in [4.69, 9.17) is 10.5 Å². The molecule has 3 atom stereocenters. The fraction of sp³-hybridized carbons (Fsp3) is 0.941. The summed E-state index contributed by atoms with van der Waals surface area (Å²) in [5.74, 6) is 0.376. The van der Waals surface area contributed by atoms with Crippen molar-refractivity contribution in [1.82, 2.24) is 4.90 Å². The van der Waals surface area contributed by atoms with Crippen molar-refractivity contribution >= 4 is 5.91 Å². The average Bonchev–Trinajstić information content (AvgIpc) is 3.12. The first-order chi connectivity index (χ1) is 9.82. The fourth-order valence-corrected chi connectivity index (χ4v) is 5.02. The van der Waals surface area contributed by atoms with Crippen molar-refractivity contribution in [3.63, 3.8) is 0 Å². The number of hydrogen-bond donors (Lipinski definition) is 1. The molecule has 1 amide bonds. The largest absolute Gasteiger partial charge is 0.377 e. The van der Waals surface area contributed by atoms with Gasteiger partial charge in [0.2, 0.25) is 5.91 Å². The van der Waals surface area contributed by atoms with Gasteiger partial charge in [-0.3, -0.25) is 4.79 Å². The molecule has 4 nitrogen and oxygen atoms in total. The summed E-state index contributed by atoms with van der Waals surface area (Å²) in [7, 11) is 0. The molecule has 2 heterocycles. The maximum absolute atomic E-state index is 13.2. The minimum Gasteiger partial charge on any atom is -0.377 e. The van der Waals surface area contributed by atoms with Crippen LogP contribution in [-0.4, -0.2) is 42.1 Å². The van der Waals surface area contributed by atoms with Crippen molar-refractivity contribution in [1.29, 1.82) is 0 Å². The number of rotatable bonds is 3. The molecule has 1 saturated carbocycles. The lowest BCUT2D eigenvalue weighted by Gasteiger charge is -2.61. The number of hydrogen-bond acceptors (Lipinski definition) is 3. The van der Waals surface area contributed by atoms with Crippen molar-refractivity contribution in [2.24, 2.45) is 22.5 Å². The predicted molar refractivity (Wildman–Crippen MR) is 82.8 cm³/mol. The Morgan fingerprint density at radius 3 is 2.57 bits per heavy atom. The summed E-state index contributed by atoms with van der Waals surface area (Å²) in [4.78, 5) is 15.2. The van der Waals surface area contributed by atoms with Gasteiger partial charge in [-0.2, -0.15) is 0 Å². The second-order valence-corrected chi connectivity index (χ2v) is 7.96. The summed E-state index contributed by atoms with van der Waals surface area (Å²) in [6.07, 6.45) is 4.49. The van der Waals surface area contributed by atoms with Crippen LogP contribution in [0.4, 0.5) is 0 Å². The summed E-state index contributed by atoms with van der Waals surface area (Å²) in [6, 6.07) is 0. The van der Waals surface area contributed by atoms with E-state index in [2.05, 4.69) is 27.7 Å². The molecule has 3 rings (SSSR count). The molecule has 21 heavy (non-hydrogen) atoms. The molecule has 3 fully saturated rings. The monoisotopic (exact) mass is 294 g/mol. The van der Waals surface area contributed by atoms with E-state index in [0.29, 0.717) is 5.41 Å². The van der Waals surface area contributed by atoms with E-state index in [9.17, 15) is 4.79 Å². The Balaban J connectivity index is 1.80. The number of fused-ring (bicyclic) bond motifs is 1. The SMILES string of the molecule is CCC1(CC)CCN(C(=O)C2(N)C3CCOC3C2(C)C)C1. The van der Waals surface area contributed by atoms with Crippen molar-refractivity contribution in [3.05, 3.63) is 0 Å². The Labute approximate surface area is 128 Å². The molecule has 3 aliphatic rings. The highest BCUT2D eigenvalue weighted by Crippen LogP contribution is 2.59. The molecule has 2 aliphatic heterocycles. The Bertz CT molecular complexity index is 444. The fourth-order valence-electron chi connectivity index (χ4n) is 5.02. The summed E-state index contributed by atoms with van der Waals surface area (Å²) in [5.41, 5.74) is 6.01. The highest BCUT2D eigenvalue weighted by molar-refractivity contribution is 5.90. The van der Waals surface area contributed by atoms with Crippen LogP contribution in [-0.2, 0) is 9.53 Å². The summed E-state index contributed by atoms with van der Waals surface area (Å²) < 4.78 is 5.81. The minimum absolute atomic E-state index is 0.163. The van der Waals surface area contributed by atoms with Gasteiger partial charge in [-0.25, -0.2) is 0 Å². The van der Waals surface area contributed by atoms with Crippen LogP contribution in [0.15, 0.2) is 0 Å². The van der Waals surface area contributed by atoms with Gasteiger partial charge in [-0.05, 0) is 31.1 Å². The third-order valence-electron chi connectivity index (χ3n) is 7.03. The van der Waals surface area contributed by atoms with Gasteiger partial charge < -0.3 is 15.4 Å². The Kier molecular flexibility index (Phi) is 3.42. The zero-order chi connectivity index (χ0) is 15.5. The van der Waals surface area contributed by atoms with Gasteiger partial charge in [0.25, 0.3) is 0 Å². The van der Waals surface area contributed by atoms with Gasteiger partial charge in [-0.1, -0.05) is 27.7 Å². The standard InChI is InChI=1S/C17H30N2O2/c1-5-16(6-2)8-9-19(11-16)14(20)17(18)12-7-10-21-13(12)15(17,3)4/h12-13H,5-11,18H2,1-4H3. The van der Waals surface area contributed by atoms with Gasteiger partial charge in [0.05, 0.1) is 6.10 Å². The highest BCUT2D eigenvalue weighted by atomic mass is 16.5. The second kappa shape index (κ2) is 4.69. The Morgan fingerprint density at radius 1 is 1.33 bits per heavy atom. The maximum Gasteiger partial charge on any atom is 0.243 e. The molecule has 2 N–H and O–H groups in total. The average molecular weight is 294 g/mol. The van der Waals surface area contributed by atoms with E-state index in [0.717, 1.165) is 45.4 Å². The van der Waals surface area contributed by atoms with Crippen LogP contribution in [0.2, 0.25) is 0 Å². The van der Waals surface area contributed by atoms with Crippen LogP contribution < -0.4 is 5.73 Å². The molecule has 0 aromatic carbocycles. The van der Waals surface area contributed by atoms with Gasteiger partial charge in [0.1, 0.15) is 5.54 Å². The number of amides is 1. The van der Waals surface area contributed by atoms with E-state index in [1.165, 1.54) is 0 Å². The summed E-state index contributed by atoms with van der Waals surface area (Å²) >= 11 is 0. The summed E-state index contributed by atoms with van der Waals surface area (Å²) in [5, 5.41) is 0. The topological polar surface area (TPSA) is 55.6 Å². The van der Waals surface area contributed by atoms with Crippen molar-refractivity contribution in [2.45, 2.75) is 65.0 Å². The smallest absolute Gasteiger partial charge is 0.243 e. The van der Waals surface area contributed by atoms with Gasteiger partial charge in [-0.15, -0.1) is 0 Å². The van der Waals surface area contributed by atoms with Crippen LogP contribution in [0, 0.1) is 16.7 Å². The lowest BCUT2D eigenvalue weighted by molar-refractivity contribution is -0.183. The second-order valence-electron chi connectivity index (χ2n) is 7.96. The maximum atomic E-state index is 13.2. The Morgan fingerprint density at radius 2 is 2.00 bits per heavy atom. The predicted octanol–water partition coefficient (Wildman–Crippen LogP) is 2.17. The van der Waals surface area contributed by atoms with Crippen LogP contribution in [0.25, 0.3) is 0 Å². The molecule has 1 aliphatic carbocycles. The van der Waals surface area contributed by atoms with Crippen molar-refractivity contribution < 1.29 is 9.53 Å². The molecule has 4 heteroatoms. The van der Waals surface area contributed by atoms with E-state index in [1.807, 2.05) is 4.90 Å².